The first-order valence-electron chi connectivity index (χ1n) is 6.80. The minimum atomic E-state index is -0.0674. The number of carbonyl (C=O) groups excluding carboxylic acids is 1. The van der Waals surface area contributed by atoms with Crippen molar-refractivity contribution in [2.24, 2.45) is 10.9 Å². The molecule has 0 spiro atoms. The van der Waals surface area contributed by atoms with E-state index in [2.05, 4.69) is 34.8 Å². The van der Waals surface area contributed by atoms with Crippen molar-refractivity contribution < 1.29 is 9.53 Å². The van der Waals surface area contributed by atoms with E-state index in [1.54, 1.807) is 14.2 Å². The van der Waals surface area contributed by atoms with Crippen molar-refractivity contribution in [3.8, 4) is 0 Å². The van der Waals surface area contributed by atoms with Gasteiger partial charge in [0.2, 0.25) is 5.91 Å². The minimum Gasteiger partial charge on any atom is -0.383 e. The maximum absolute atomic E-state index is 11.4. The highest BCUT2D eigenvalue weighted by Gasteiger charge is 2.02. The van der Waals surface area contributed by atoms with Gasteiger partial charge in [0.25, 0.3) is 0 Å². The van der Waals surface area contributed by atoms with E-state index >= 15 is 0 Å². The summed E-state index contributed by atoms with van der Waals surface area (Å²) in [6, 6.07) is 0. The number of aliphatic imine (C=N–C) groups is 1. The molecule has 0 aliphatic rings. The molecule has 0 bridgehead atoms. The summed E-state index contributed by atoms with van der Waals surface area (Å²) in [5, 5.41) is 8.89. The second kappa shape index (κ2) is 14.8. The van der Waals surface area contributed by atoms with E-state index in [9.17, 15) is 4.79 Å². The van der Waals surface area contributed by atoms with Crippen LogP contribution in [0.5, 0.6) is 0 Å². The number of guanidine groups is 1. The molecule has 20 heavy (non-hydrogen) atoms. The normalized spacial score (nSPS) is 10.9. The summed E-state index contributed by atoms with van der Waals surface area (Å²) >= 11 is 0. The monoisotopic (exact) mass is 400 g/mol. The maximum Gasteiger partial charge on any atom is 0.239 e. The molecule has 0 aromatic rings. The smallest absolute Gasteiger partial charge is 0.239 e. The topological polar surface area (TPSA) is 74.8 Å². The highest BCUT2D eigenvalue weighted by atomic mass is 127. The highest BCUT2D eigenvalue weighted by Crippen LogP contribution is 2.01. The summed E-state index contributed by atoms with van der Waals surface area (Å²) in [6.07, 6.45) is 2.28. The van der Waals surface area contributed by atoms with E-state index in [0.717, 1.165) is 13.0 Å². The van der Waals surface area contributed by atoms with Gasteiger partial charge in [0.15, 0.2) is 5.96 Å². The van der Waals surface area contributed by atoms with Gasteiger partial charge in [-0.05, 0) is 18.8 Å². The van der Waals surface area contributed by atoms with E-state index in [1.165, 1.54) is 6.42 Å². The maximum atomic E-state index is 11.4. The Morgan fingerprint density at radius 2 is 1.90 bits per heavy atom. The molecular formula is C13H29IN4O2. The summed E-state index contributed by atoms with van der Waals surface area (Å²) < 4.78 is 4.85. The largest absolute Gasteiger partial charge is 0.383 e. The number of methoxy groups -OCH3 is 1. The van der Waals surface area contributed by atoms with Crippen LogP contribution in [-0.2, 0) is 9.53 Å². The lowest BCUT2D eigenvalue weighted by Gasteiger charge is -2.12. The molecule has 0 saturated heterocycles. The van der Waals surface area contributed by atoms with Gasteiger partial charge in [-0.2, -0.15) is 0 Å². The molecule has 120 valence electrons. The van der Waals surface area contributed by atoms with Crippen molar-refractivity contribution in [1.29, 1.82) is 0 Å². The molecule has 0 atom stereocenters. The number of rotatable bonds is 9. The second-order valence-corrected chi connectivity index (χ2v) is 4.73. The first-order chi connectivity index (χ1) is 9.10. The fraction of sp³-hybridized carbons (Fsp3) is 0.846. The standard InChI is InChI=1S/C13H28N4O2.HI/c1-11(2)6-5-7-16-13(14-3)17-10-12(18)15-8-9-19-4;/h11H,5-10H2,1-4H3,(H,15,18)(H2,14,16,17);1H. The fourth-order valence-corrected chi connectivity index (χ4v) is 1.46. The third-order valence-electron chi connectivity index (χ3n) is 2.52. The molecule has 0 heterocycles. The molecule has 3 N–H and O–H groups in total. The summed E-state index contributed by atoms with van der Waals surface area (Å²) in [4.78, 5) is 15.5. The quantitative estimate of drug-likeness (QED) is 0.233. The van der Waals surface area contributed by atoms with Gasteiger partial charge >= 0.3 is 0 Å². The van der Waals surface area contributed by atoms with Gasteiger partial charge in [-0.25, -0.2) is 0 Å². The molecule has 0 fully saturated rings. The van der Waals surface area contributed by atoms with E-state index in [1.807, 2.05) is 0 Å². The fourth-order valence-electron chi connectivity index (χ4n) is 1.46. The Hall–Kier alpha value is -0.570. The molecule has 0 unspecified atom stereocenters. The summed E-state index contributed by atoms with van der Waals surface area (Å²) in [7, 11) is 3.30. The Balaban J connectivity index is 0. The van der Waals surface area contributed by atoms with Crippen LogP contribution in [-0.4, -0.2) is 52.3 Å². The average Bonchev–Trinajstić information content (AvgIpc) is 2.38. The molecule has 6 nitrogen and oxygen atoms in total. The van der Waals surface area contributed by atoms with Crippen molar-refractivity contribution >= 4 is 35.8 Å². The van der Waals surface area contributed by atoms with Gasteiger partial charge in [0, 0.05) is 27.2 Å². The van der Waals surface area contributed by atoms with Gasteiger partial charge in [0.05, 0.1) is 13.2 Å². The van der Waals surface area contributed by atoms with Crippen LogP contribution in [0, 0.1) is 5.92 Å². The molecule has 0 rings (SSSR count). The number of hydrogen-bond acceptors (Lipinski definition) is 3. The van der Waals surface area contributed by atoms with E-state index in [4.69, 9.17) is 4.74 Å². The zero-order valence-corrected chi connectivity index (χ0v) is 15.3. The third kappa shape index (κ3) is 13.9. The zero-order chi connectivity index (χ0) is 14.5. The predicted octanol–water partition coefficient (Wildman–Crippen LogP) is 0.968. The molecule has 0 radical (unpaired) electrons. The molecular weight excluding hydrogens is 371 g/mol. The number of amides is 1. The Morgan fingerprint density at radius 1 is 1.20 bits per heavy atom. The summed E-state index contributed by atoms with van der Waals surface area (Å²) in [5.41, 5.74) is 0. The minimum absolute atomic E-state index is 0. The van der Waals surface area contributed by atoms with Crippen LogP contribution < -0.4 is 16.0 Å². The summed E-state index contributed by atoms with van der Waals surface area (Å²) in [6.45, 7) is 6.54. The van der Waals surface area contributed by atoms with Crippen LogP contribution in [0.3, 0.4) is 0 Å². The van der Waals surface area contributed by atoms with Crippen LogP contribution in [0.2, 0.25) is 0 Å². The van der Waals surface area contributed by atoms with Crippen molar-refractivity contribution in [2.75, 3.05) is 40.4 Å². The molecule has 0 saturated carbocycles. The first-order valence-corrected chi connectivity index (χ1v) is 6.80. The van der Waals surface area contributed by atoms with Crippen LogP contribution >= 0.6 is 24.0 Å². The number of ether oxygens (including phenoxy) is 1. The number of halogens is 1. The summed E-state index contributed by atoms with van der Waals surface area (Å²) in [5.74, 6) is 1.30. The number of hydrogen-bond donors (Lipinski definition) is 3. The lowest BCUT2D eigenvalue weighted by molar-refractivity contribution is -0.120. The molecule has 0 aromatic heterocycles. The van der Waals surface area contributed by atoms with Crippen LogP contribution in [0.1, 0.15) is 26.7 Å². The van der Waals surface area contributed by atoms with Crippen LogP contribution in [0.15, 0.2) is 4.99 Å². The van der Waals surface area contributed by atoms with Gasteiger partial charge in [-0.1, -0.05) is 13.8 Å². The van der Waals surface area contributed by atoms with E-state index in [-0.39, 0.29) is 36.4 Å². The number of nitrogens with zero attached hydrogens (tertiary/aromatic N) is 1. The number of carbonyl (C=O) groups is 1. The lowest BCUT2D eigenvalue weighted by atomic mass is 10.1. The van der Waals surface area contributed by atoms with Gasteiger partial charge in [-0.3, -0.25) is 9.79 Å². The molecule has 0 aromatic carbocycles. The Labute approximate surface area is 139 Å². The number of nitrogens with one attached hydrogen (secondary N) is 3. The van der Waals surface area contributed by atoms with Crippen molar-refractivity contribution in [1.82, 2.24) is 16.0 Å². The van der Waals surface area contributed by atoms with E-state index in [0.29, 0.717) is 25.0 Å². The Morgan fingerprint density at radius 3 is 2.45 bits per heavy atom. The van der Waals surface area contributed by atoms with Crippen molar-refractivity contribution in [3.63, 3.8) is 0 Å². The van der Waals surface area contributed by atoms with Crippen LogP contribution in [0.4, 0.5) is 0 Å². The Bertz CT molecular complexity index is 273. The first kappa shape index (κ1) is 21.7. The van der Waals surface area contributed by atoms with Gasteiger partial charge in [-0.15, -0.1) is 24.0 Å². The average molecular weight is 400 g/mol. The third-order valence-corrected chi connectivity index (χ3v) is 2.52. The highest BCUT2D eigenvalue weighted by molar-refractivity contribution is 14.0. The molecule has 7 heteroatoms. The Kier molecular flexibility index (Phi) is 16.1. The predicted molar refractivity (Wildman–Crippen MR) is 93.7 cm³/mol. The lowest BCUT2D eigenvalue weighted by Crippen LogP contribution is -2.43. The van der Waals surface area contributed by atoms with Crippen molar-refractivity contribution in [2.45, 2.75) is 26.7 Å². The van der Waals surface area contributed by atoms with Gasteiger partial charge < -0.3 is 20.7 Å². The zero-order valence-electron chi connectivity index (χ0n) is 13.0. The molecule has 0 aliphatic carbocycles. The molecule has 1 amide bonds. The van der Waals surface area contributed by atoms with E-state index < -0.39 is 0 Å². The van der Waals surface area contributed by atoms with Crippen molar-refractivity contribution in [3.05, 3.63) is 0 Å². The van der Waals surface area contributed by atoms with Crippen LogP contribution in [0.25, 0.3) is 0 Å². The second-order valence-electron chi connectivity index (χ2n) is 4.73. The van der Waals surface area contributed by atoms with Gasteiger partial charge in [0.1, 0.15) is 0 Å². The molecule has 0 aliphatic heterocycles. The SMILES string of the molecule is CN=C(NCCCC(C)C)NCC(=O)NCCOC.I.